The van der Waals surface area contributed by atoms with Gasteiger partial charge >= 0.3 is 0 Å². The van der Waals surface area contributed by atoms with Crippen molar-refractivity contribution in [1.82, 2.24) is 20.4 Å². The fourth-order valence-corrected chi connectivity index (χ4v) is 2.57. The number of halogens is 1. The minimum Gasteiger partial charge on any atom is -0.354 e. The zero-order valence-electron chi connectivity index (χ0n) is 12.4. The van der Waals surface area contributed by atoms with Crippen LogP contribution in [0.1, 0.15) is 18.4 Å². The van der Waals surface area contributed by atoms with Gasteiger partial charge in [0.15, 0.2) is 0 Å². The number of nitrogens with one attached hydrogen (secondary N) is 2. The van der Waals surface area contributed by atoms with Crippen molar-refractivity contribution in [2.24, 2.45) is 0 Å². The van der Waals surface area contributed by atoms with Gasteiger partial charge in [0.05, 0.1) is 17.9 Å². The van der Waals surface area contributed by atoms with E-state index in [2.05, 4.69) is 15.7 Å². The second-order valence-electron chi connectivity index (χ2n) is 5.32. The molecule has 1 atom stereocenters. The quantitative estimate of drug-likeness (QED) is 0.881. The van der Waals surface area contributed by atoms with Gasteiger partial charge in [0.2, 0.25) is 5.91 Å². The highest BCUT2D eigenvalue weighted by molar-refractivity contribution is 5.85. The van der Waals surface area contributed by atoms with Crippen LogP contribution in [0, 0.1) is 0 Å². The fourth-order valence-electron chi connectivity index (χ4n) is 2.57. The van der Waals surface area contributed by atoms with Crippen molar-refractivity contribution in [2.45, 2.75) is 25.3 Å². The van der Waals surface area contributed by atoms with Gasteiger partial charge in [-0.1, -0.05) is 18.2 Å². The summed E-state index contributed by atoms with van der Waals surface area (Å²) in [4.78, 5) is 11.9. The SMILES string of the molecule is Cl.O=C(NCCc1cnn(-c2ccccc2)c1)C1CCCN1. The standard InChI is InChI=1S/C16H20N4O.ClH/c21-16(15-7-4-9-17-15)18-10-8-13-11-19-20(12-13)14-5-2-1-3-6-14;/h1-3,5-6,11-12,15,17H,4,7-10H2,(H,18,21);1H. The topological polar surface area (TPSA) is 59.0 Å². The molecule has 2 N–H and O–H groups in total. The summed E-state index contributed by atoms with van der Waals surface area (Å²) in [5, 5.41) is 10.5. The largest absolute Gasteiger partial charge is 0.354 e. The molecule has 118 valence electrons. The van der Waals surface area contributed by atoms with Crippen molar-refractivity contribution < 1.29 is 4.79 Å². The highest BCUT2D eigenvalue weighted by Gasteiger charge is 2.21. The van der Waals surface area contributed by atoms with Gasteiger partial charge in [-0.15, -0.1) is 12.4 Å². The van der Waals surface area contributed by atoms with Crippen molar-refractivity contribution in [1.29, 1.82) is 0 Å². The minimum atomic E-state index is -0.00274. The molecule has 3 rings (SSSR count). The molecule has 1 unspecified atom stereocenters. The Kier molecular flexibility index (Phi) is 5.98. The first kappa shape index (κ1) is 16.5. The van der Waals surface area contributed by atoms with Crippen LogP contribution in [0.3, 0.4) is 0 Å². The monoisotopic (exact) mass is 320 g/mol. The van der Waals surface area contributed by atoms with E-state index in [1.807, 2.05) is 47.4 Å². The van der Waals surface area contributed by atoms with Gasteiger partial charge in [0, 0.05) is 12.7 Å². The number of hydrogen-bond donors (Lipinski definition) is 2. The zero-order chi connectivity index (χ0) is 14.5. The van der Waals surface area contributed by atoms with E-state index >= 15 is 0 Å². The summed E-state index contributed by atoms with van der Waals surface area (Å²) in [7, 11) is 0. The van der Waals surface area contributed by atoms with E-state index in [1.54, 1.807) is 0 Å². The van der Waals surface area contributed by atoms with E-state index < -0.39 is 0 Å². The van der Waals surface area contributed by atoms with Gasteiger partial charge < -0.3 is 10.6 Å². The summed E-state index contributed by atoms with van der Waals surface area (Å²) < 4.78 is 1.86. The Bertz CT molecular complexity index is 593. The van der Waals surface area contributed by atoms with Crippen molar-refractivity contribution in [3.8, 4) is 5.69 Å². The summed E-state index contributed by atoms with van der Waals surface area (Å²) in [6, 6.07) is 10.0. The summed E-state index contributed by atoms with van der Waals surface area (Å²) in [5.74, 6) is 0.114. The van der Waals surface area contributed by atoms with Crippen molar-refractivity contribution in [2.75, 3.05) is 13.1 Å². The van der Waals surface area contributed by atoms with Crippen molar-refractivity contribution in [3.63, 3.8) is 0 Å². The summed E-state index contributed by atoms with van der Waals surface area (Å²) in [6.45, 7) is 1.60. The van der Waals surface area contributed by atoms with E-state index in [0.717, 1.165) is 37.1 Å². The lowest BCUT2D eigenvalue weighted by Crippen LogP contribution is -2.41. The van der Waals surface area contributed by atoms with E-state index in [9.17, 15) is 4.79 Å². The highest BCUT2D eigenvalue weighted by atomic mass is 35.5. The molecule has 6 heteroatoms. The molecule has 1 fully saturated rings. The molecule has 2 heterocycles. The third-order valence-corrected chi connectivity index (χ3v) is 3.75. The number of amides is 1. The normalized spacial score (nSPS) is 17.0. The van der Waals surface area contributed by atoms with Gasteiger partial charge in [-0.2, -0.15) is 5.10 Å². The van der Waals surface area contributed by atoms with Crippen LogP contribution in [0.25, 0.3) is 5.69 Å². The minimum absolute atomic E-state index is 0. The van der Waals surface area contributed by atoms with Crippen molar-refractivity contribution in [3.05, 3.63) is 48.3 Å². The molecular formula is C16H21ClN4O. The van der Waals surface area contributed by atoms with Crippen LogP contribution >= 0.6 is 12.4 Å². The number of carbonyl (C=O) groups excluding carboxylic acids is 1. The second kappa shape index (κ2) is 7.96. The number of aromatic nitrogens is 2. The van der Waals surface area contributed by atoms with E-state index in [1.165, 1.54) is 0 Å². The molecule has 0 spiro atoms. The van der Waals surface area contributed by atoms with Crippen LogP contribution in [0.2, 0.25) is 0 Å². The number of hydrogen-bond acceptors (Lipinski definition) is 3. The van der Waals surface area contributed by atoms with Crippen LogP contribution in [0.15, 0.2) is 42.7 Å². The molecule has 0 aliphatic carbocycles. The Morgan fingerprint density at radius 1 is 1.36 bits per heavy atom. The van der Waals surface area contributed by atoms with E-state index in [-0.39, 0.29) is 24.4 Å². The summed E-state index contributed by atoms with van der Waals surface area (Å²) >= 11 is 0. The molecule has 0 radical (unpaired) electrons. The highest BCUT2D eigenvalue weighted by Crippen LogP contribution is 2.08. The first-order chi connectivity index (χ1) is 10.3. The number of carbonyl (C=O) groups is 1. The molecule has 1 aliphatic rings. The average Bonchev–Trinajstić information content (AvgIpc) is 3.20. The van der Waals surface area contributed by atoms with E-state index in [0.29, 0.717) is 6.54 Å². The summed E-state index contributed by atoms with van der Waals surface area (Å²) in [6.07, 6.45) is 6.69. The average molecular weight is 321 g/mol. The third kappa shape index (κ3) is 4.08. The van der Waals surface area contributed by atoms with Gasteiger partial charge in [0.1, 0.15) is 0 Å². The maximum atomic E-state index is 11.9. The lowest BCUT2D eigenvalue weighted by molar-refractivity contribution is -0.122. The van der Waals surface area contributed by atoms with Gasteiger partial charge in [-0.25, -0.2) is 4.68 Å². The second-order valence-corrected chi connectivity index (χ2v) is 5.32. The van der Waals surface area contributed by atoms with E-state index in [4.69, 9.17) is 0 Å². The van der Waals surface area contributed by atoms with Crippen LogP contribution in [-0.4, -0.2) is 34.8 Å². The maximum Gasteiger partial charge on any atom is 0.237 e. The van der Waals surface area contributed by atoms with Crippen LogP contribution < -0.4 is 10.6 Å². The lowest BCUT2D eigenvalue weighted by atomic mass is 10.2. The molecule has 1 aromatic carbocycles. The Morgan fingerprint density at radius 3 is 2.91 bits per heavy atom. The third-order valence-electron chi connectivity index (χ3n) is 3.75. The molecule has 1 aliphatic heterocycles. The zero-order valence-corrected chi connectivity index (χ0v) is 13.2. The Balaban J connectivity index is 0.00000176. The van der Waals surface area contributed by atoms with Gasteiger partial charge in [0.25, 0.3) is 0 Å². The molecule has 1 amide bonds. The Labute approximate surface area is 136 Å². The lowest BCUT2D eigenvalue weighted by Gasteiger charge is -2.10. The van der Waals surface area contributed by atoms with Gasteiger partial charge in [-0.3, -0.25) is 4.79 Å². The predicted molar refractivity (Wildman–Crippen MR) is 88.6 cm³/mol. The maximum absolute atomic E-state index is 11.9. The molecule has 22 heavy (non-hydrogen) atoms. The number of para-hydroxylation sites is 1. The first-order valence-electron chi connectivity index (χ1n) is 7.43. The Morgan fingerprint density at radius 2 is 2.18 bits per heavy atom. The summed E-state index contributed by atoms with van der Waals surface area (Å²) in [5.41, 5.74) is 2.17. The Hall–Kier alpha value is -1.85. The molecule has 1 aromatic heterocycles. The van der Waals surface area contributed by atoms with Crippen LogP contribution in [0.5, 0.6) is 0 Å². The van der Waals surface area contributed by atoms with Crippen LogP contribution in [-0.2, 0) is 11.2 Å². The van der Waals surface area contributed by atoms with Gasteiger partial charge in [-0.05, 0) is 43.5 Å². The molecule has 5 nitrogen and oxygen atoms in total. The molecule has 2 aromatic rings. The fraction of sp³-hybridized carbons (Fsp3) is 0.375. The molecule has 1 saturated heterocycles. The predicted octanol–water partition coefficient (Wildman–Crippen LogP) is 1.70. The molecular weight excluding hydrogens is 300 g/mol. The number of benzene rings is 1. The van der Waals surface area contributed by atoms with Crippen LogP contribution in [0.4, 0.5) is 0 Å². The number of rotatable bonds is 5. The van der Waals surface area contributed by atoms with Crippen molar-refractivity contribution >= 4 is 18.3 Å². The molecule has 0 bridgehead atoms. The molecule has 0 saturated carbocycles. The first-order valence-corrected chi connectivity index (χ1v) is 7.43. The number of nitrogens with zero attached hydrogens (tertiary/aromatic N) is 2. The smallest absolute Gasteiger partial charge is 0.237 e.